The Morgan fingerprint density at radius 2 is 2.10 bits per heavy atom. The van der Waals surface area contributed by atoms with Gasteiger partial charge in [-0.2, -0.15) is 0 Å². The van der Waals surface area contributed by atoms with E-state index in [-0.39, 0.29) is 6.04 Å². The molecule has 1 aromatic rings. The lowest BCUT2D eigenvalue weighted by Crippen LogP contribution is -2.35. The van der Waals surface area contributed by atoms with Crippen LogP contribution in [0.15, 0.2) is 17.2 Å². The molecule has 0 fully saturated rings. The fourth-order valence-corrected chi connectivity index (χ4v) is 3.28. The van der Waals surface area contributed by atoms with E-state index in [0.29, 0.717) is 24.7 Å². The third-order valence-corrected chi connectivity index (χ3v) is 4.61. The molecule has 0 aliphatic heterocycles. The summed E-state index contributed by atoms with van der Waals surface area (Å²) in [4.78, 5) is 0.293. The molecule has 6 nitrogen and oxygen atoms in total. The van der Waals surface area contributed by atoms with E-state index in [1.54, 1.807) is 19.2 Å². The molecule has 1 unspecified atom stereocenters. The van der Waals surface area contributed by atoms with Gasteiger partial charge in [-0.1, -0.05) is 6.92 Å². The quantitative estimate of drug-likeness (QED) is 0.637. The number of ether oxygens (including phenoxy) is 1. The highest BCUT2D eigenvalue weighted by Gasteiger charge is 2.20. The Labute approximate surface area is 127 Å². The maximum atomic E-state index is 12.3. The van der Waals surface area contributed by atoms with Gasteiger partial charge in [0.05, 0.1) is 11.5 Å². The fraction of sp³-hybridized carbons (Fsp3) is 0.714. The van der Waals surface area contributed by atoms with Gasteiger partial charge in [0.15, 0.2) is 0 Å². The molecule has 122 valence electrons. The van der Waals surface area contributed by atoms with Crippen LogP contribution in [0.4, 0.5) is 0 Å². The molecular weight excluding hydrogens is 290 g/mol. The Morgan fingerprint density at radius 3 is 2.71 bits per heavy atom. The van der Waals surface area contributed by atoms with Gasteiger partial charge in [-0.15, -0.1) is 0 Å². The standard InChI is InChI=1S/C14H27N3O3S/c1-5-7-15-9-13-8-14(10-17(13)4)21(18,19)16-12(3)11-20-6-2/h8,10,12,15-16H,5-7,9,11H2,1-4H3. The lowest BCUT2D eigenvalue weighted by molar-refractivity contribution is 0.133. The predicted molar refractivity (Wildman–Crippen MR) is 83.7 cm³/mol. The van der Waals surface area contributed by atoms with Crippen molar-refractivity contribution < 1.29 is 13.2 Å². The molecule has 1 heterocycles. The van der Waals surface area contributed by atoms with Crippen LogP contribution in [0.1, 0.15) is 32.9 Å². The van der Waals surface area contributed by atoms with Crippen molar-refractivity contribution in [3.8, 4) is 0 Å². The topological polar surface area (TPSA) is 72.4 Å². The number of rotatable bonds is 10. The molecule has 0 bridgehead atoms. The van der Waals surface area contributed by atoms with Crippen molar-refractivity contribution in [3.05, 3.63) is 18.0 Å². The largest absolute Gasteiger partial charge is 0.380 e. The molecule has 1 rings (SSSR count). The third-order valence-electron chi connectivity index (χ3n) is 3.05. The molecule has 0 aliphatic rings. The molecule has 0 radical (unpaired) electrons. The summed E-state index contributed by atoms with van der Waals surface area (Å²) in [7, 11) is -1.65. The molecular formula is C14H27N3O3S. The monoisotopic (exact) mass is 317 g/mol. The Hall–Kier alpha value is -0.890. The number of hydrogen-bond donors (Lipinski definition) is 2. The molecule has 0 aromatic carbocycles. The summed E-state index contributed by atoms with van der Waals surface area (Å²) in [6, 6.07) is 1.45. The summed E-state index contributed by atoms with van der Waals surface area (Å²) in [5.41, 5.74) is 0.946. The highest BCUT2D eigenvalue weighted by Crippen LogP contribution is 2.14. The predicted octanol–water partition coefficient (Wildman–Crippen LogP) is 1.23. The zero-order valence-electron chi connectivity index (χ0n) is 13.3. The molecule has 1 aromatic heterocycles. The van der Waals surface area contributed by atoms with Crippen molar-refractivity contribution in [2.24, 2.45) is 7.05 Å². The first-order valence-electron chi connectivity index (χ1n) is 7.36. The number of aryl methyl sites for hydroxylation is 1. The van der Waals surface area contributed by atoms with E-state index >= 15 is 0 Å². The van der Waals surface area contributed by atoms with E-state index in [0.717, 1.165) is 18.7 Å². The van der Waals surface area contributed by atoms with E-state index in [1.807, 2.05) is 18.5 Å². The fourth-order valence-electron chi connectivity index (χ4n) is 1.95. The minimum atomic E-state index is -3.50. The summed E-state index contributed by atoms with van der Waals surface area (Å²) in [5.74, 6) is 0. The number of sulfonamides is 1. The molecule has 7 heteroatoms. The van der Waals surface area contributed by atoms with Gasteiger partial charge in [-0.25, -0.2) is 13.1 Å². The SMILES string of the molecule is CCCNCc1cc(S(=O)(=O)NC(C)COCC)cn1C. The van der Waals surface area contributed by atoms with Crippen molar-refractivity contribution in [2.75, 3.05) is 19.8 Å². The Bertz CT molecular complexity index is 526. The lowest BCUT2D eigenvalue weighted by Gasteiger charge is -2.13. The van der Waals surface area contributed by atoms with Gasteiger partial charge in [0.25, 0.3) is 0 Å². The number of aromatic nitrogens is 1. The summed E-state index contributed by atoms with van der Waals surface area (Å²) < 4.78 is 34.3. The van der Waals surface area contributed by atoms with Gasteiger partial charge in [-0.05, 0) is 32.9 Å². The molecule has 0 aliphatic carbocycles. The Kier molecular flexibility index (Phi) is 7.37. The third kappa shape index (κ3) is 5.78. The Morgan fingerprint density at radius 1 is 1.38 bits per heavy atom. The Balaban J connectivity index is 2.72. The van der Waals surface area contributed by atoms with Gasteiger partial charge in [0, 0.05) is 38.1 Å². The van der Waals surface area contributed by atoms with Crippen LogP contribution in [-0.2, 0) is 28.4 Å². The molecule has 1 atom stereocenters. The van der Waals surface area contributed by atoms with E-state index in [4.69, 9.17) is 4.74 Å². The van der Waals surface area contributed by atoms with Gasteiger partial charge in [-0.3, -0.25) is 0 Å². The molecule has 0 saturated heterocycles. The van der Waals surface area contributed by atoms with Gasteiger partial charge >= 0.3 is 0 Å². The average molecular weight is 317 g/mol. The van der Waals surface area contributed by atoms with Crippen LogP contribution >= 0.6 is 0 Å². The van der Waals surface area contributed by atoms with Crippen molar-refractivity contribution in [2.45, 2.75) is 44.7 Å². The second-order valence-electron chi connectivity index (χ2n) is 5.14. The lowest BCUT2D eigenvalue weighted by atomic mass is 10.4. The molecule has 0 amide bonds. The van der Waals surface area contributed by atoms with Crippen LogP contribution in [-0.4, -0.2) is 38.8 Å². The highest BCUT2D eigenvalue weighted by atomic mass is 32.2. The van der Waals surface area contributed by atoms with Crippen LogP contribution in [0.2, 0.25) is 0 Å². The van der Waals surface area contributed by atoms with E-state index in [2.05, 4.69) is 17.0 Å². The maximum absolute atomic E-state index is 12.3. The van der Waals surface area contributed by atoms with Gasteiger partial charge < -0.3 is 14.6 Å². The number of nitrogens with zero attached hydrogens (tertiary/aromatic N) is 1. The van der Waals surface area contributed by atoms with E-state index in [1.165, 1.54) is 0 Å². The number of nitrogens with one attached hydrogen (secondary N) is 2. The van der Waals surface area contributed by atoms with Crippen molar-refractivity contribution in [1.82, 2.24) is 14.6 Å². The summed E-state index contributed by atoms with van der Waals surface area (Å²) >= 11 is 0. The van der Waals surface area contributed by atoms with Gasteiger partial charge in [0.1, 0.15) is 0 Å². The zero-order valence-corrected chi connectivity index (χ0v) is 14.2. The summed E-state index contributed by atoms with van der Waals surface area (Å²) in [5, 5.41) is 3.27. The van der Waals surface area contributed by atoms with Crippen molar-refractivity contribution in [1.29, 1.82) is 0 Å². The molecule has 0 spiro atoms. The summed E-state index contributed by atoms with van der Waals surface area (Å²) in [6.45, 7) is 8.29. The summed E-state index contributed by atoms with van der Waals surface area (Å²) in [6.07, 6.45) is 2.69. The second kappa shape index (κ2) is 8.53. The first-order chi connectivity index (χ1) is 9.90. The van der Waals surface area contributed by atoms with E-state index < -0.39 is 10.0 Å². The first kappa shape index (κ1) is 18.2. The molecule has 2 N–H and O–H groups in total. The van der Waals surface area contributed by atoms with Gasteiger partial charge in [0.2, 0.25) is 10.0 Å². The smallest absolute Gasteiger partial charge is 0.242 e. The zero-order chi connectivity index (χ0) is 15.9. The first-order valence-corrected chi connectivity index (χ1v) is 8.85. The molecule has 0 saturated carbocycles. The highest BCUT2D eigenvalue weighted by molar-refractivity contribution is 7.89. The normalized spacial score (nSPS) is 13.5. The minimum Gasteiger partial charge on any atom is -0.380 e. The van der Waals surface area contributed by atoms with Crippen LogP contribution in [0, 0.1) is 0 Å². The number of hydrogen-bond acceptors (Lipinski definition) is 4. The van der Waals surface area contributed by atoms with E-state index in [9.17, 15) is 8.42 Å². The maximum Gasteiger partial charge on any atom is 0.242 e. The van der Waals surface area contributed by atoms with Crippen LogP contribution in [0.3, 0.4) is 0 Å². The van der Waals surface area contributed by atoms with Crippen molar-refractivity contribution in [3.63, 3.8) is 0 Å². The van der Waals surface area contributed by atoms with Crippen LogP contribution in [0.25, 0.3) is 0 Å². The molecule has 21 heavy (non-hydrogen) atoms. The average Bonchev–Trinajstić information content (AvgIpc) is 2.79. The van der Waals surface area contributed by atoms with Crippen LogP contribution in [0.5, 0.6) is 0 Å². The van der Waals surface area contributed by atoms with Crippen molar-refractivity contribution >= 4 is 10.0 Å². The second-order valence-corrected chi connectivity index (χ2v) is 6.85. The minimum absolute atomic E-state index is 0.253. The van der Waals surface area contributed by atoms with Crippen LogP contribution < -0.4 is 10.0 Å².